The summed E-state index contributed by atoms with van der Waals surface area (Å²) in [4.78, 5) is 8.35. The summed E-state index contributed by atoms with van der Waals surface area (Å²) in [5.41, 5.74) is 0.866. The van der Waals surface area contributed by atoms with E-state index in [1.54, 1.807) is 0 Å². The number of anilines is 1. The molecule has 2 aromatic rings. The van der Waals surface area contributed by atoms with Crippen LogP contribution in [0.4, 0.5) is 19.1 Å². The zero-order chi connectivity index (χ0) is 17.7. The highest BCUT2D eigenvalue weighted by atomic mass is 19.4. The van der Waals surface area contributed by atoms with Gasteiger partial charge in [0.25, 0.3) is 0 Å². The second kappa shape index (κ2) is 7.48. The molecule has 0 aliphatic carbocycles. The summed E-state index contributed by atoms with van der Waals surface area (Å²) in [7, 11) is 0. The van der Waals surface area contributed by atoms with Gasteiger partial charge in [-0.2, -0.15) is 13.2 Å². The van der Waals surface area contributed by atoms with E-state index >= 15 is 0 Å². The molecule has 1 atom stereocenters. The number of nitrogens with zero attached hydrogens (tertiary/aromatic N) is 2. The SMILES string of the molecule is Cc1cc(C)nc(NCC(O)COc2ccc(C(F)(F)F)cc2)n1. The maximum Gasteiger partial charge on any atom is 0.416 e. The fourth-order valence-electron chi connectivity index (χ4n) is 2.01. The molecule has 0 radical (unpaired) electrons. The molecule has 0 aliphatic heterocycles. The summed E-state index contributed by atoms with van der Waals surface area (Å²) in [5.74, 6) is 0.658. The number of alkyl halides is 3. The van der Waals surface area contributed by atoms with Crippen LogP contribution in [0.1, 0.15) is 17.0 Å². The van der Waals surface area contributed by atoms with Crippen molar-refractivity contribution in [1.82, 2.24) is 9.97 Å². The van der Waals surface area contributed by atoms with Gasteiger partial charge < -0.3 is 15.2 Å². The highest BCUT2D eigenvalue weighted by Gasteiger charge is 2.30. The Morgan fingerprint density at radius 3 is 2.25 bits per heavy atom. The Balaban J connectivity index is 1.81. The first kappa shape index (κ1) is 18.0. The molecule has 0 amide bonds. The smallest absolute Gasteiger partial charge is 0.416 e. The van der Waals surface area contributed by atoms with Gasteiger partial charge in [-0.05, 0) is 44.2 Å². The molecule has 8 heteroatoms. The van der Waals surface area contributed by atoms with Gasteiger partial charge in [0.15, 0.2) is 0 Å². The van der Waals surface area contributed by atoms with Crippen LogP contribution in [-0.2, 0) is 6.18 Å². The van der Waals surface area contributed by atoms with Crippen molar-refractivity contribution in [2.24, 2.45) is 0 Å². The van der Waals surface area contributed by atoms with Gasteiger partial charge in [0, 0.05) is 17.9 Å². The molecule has 2 N–H and O–H groups in total. The van der Waals surface area contributed by atoms with E-state index in [9.17, 15) is 18.3 Å². The van der Waals surface area contributed by atoms with Gasteiger partial charge in [-0.3, -0.25) is 0 Å². The molecule has 0 saturated carbocycles. The lowest BCUT2D eigenvalue weighted by Crippen LogP contribution is -2.27. The van der Waals surface area contributed by atoms with Gasteiger partial charge in [-0.1, -0.05) is 0 Å². The lowest BCUT2D eigenvalue weighted by atomic mass is 10.2. The fourth-order valence-corrected chi connectivity index (χ4v) is 2.01. The van der Waals surface area contributed by atoms with E-state index in [-0.39, 0.29) is 18.9 Å². The topological polar surface area (TPSA) is 67.3 Å². The molecule has 0 bridgehead atoms. The maximum absolute atomic E-state index is 12.5. The van der Waals surface area contributed by atoms with Crippen LogP contribution in [-0.4, -0.2) is 34.3 Å². The minimum Gasteiger partial charge on any atom is -0.491 e. The van der Waals surface area contributed by atoms with Crippen molar-refractivity contribution in [1.29, 1.82) is 0 Å². The lowest BCUT2D eigenvalue weighted by Gasteiger charge is -2.14. The first-order valence-electron chi connectivity index (χ1n) is 7.28. The number of aliphatic hydroxyl groups is 1. The van der Waals surface area contributed by atoms with Crippen LogP contribution in [0.2, 0.25) is 0 Å². The van der Waals surface area contributed by atoms with Crippen LogP contribution in [0, 0.1) is 13.8 Å². The predicted octanol–water partition coefficient (Wildman–Crippen LogP) is 2.96. The molecule has 2 rings (SSSR count). The monoisotopic (exact) mass is 341 g/mol. The number of ether oxygens (including phenoxy) is 1. The quantitative estimate of drug-likeness (QED) is 0.846. The molecule has 24 heavy (non-hydrogen) atoms. The molecule has 5 nitrogen and oxygen atoms in total. The molecule has 1 heterocycles. The Labute approximate surface area is 137 Å². The van der Waals surface area contributed by atoms with Crippen LogP contribution in [0.15, 0.2) is 30.3 Å². The number of nitrogens with one attached hydrogen (secondary N) is 1. The summed E-state index contributed by atoms with van der Waals surface area (Å²) in [6.07, 6.45) is -5.25. The standard InChI is InChI=1S/C16H18F3N3O2/c1-10-7-11(2)22-15(21-10)20-8-13(23)9-24-14-5-3-12(4-6-14)16(17,18)19/h3-7,13,23H,8-9H2,1-2H3,(H,20,21,22). The zero-order valence-corrected chi connectivity index (χ0v) is 13.3. The molecule has 0 saturated heterocycles. The Kier molecular flexibility index (Phi) is 5.61. The second-order valence-electron chi connectivity index (χ2n) is 5.34. The third-order valence-corrected chi connectivity index (χ3v) is 3.10. The minimum atomic E-state index is -4.38. The van der Waals surface area contributed by atoms with E-state index in [1.165, 1.54) is 12.1 Å². The number of halogens is 3. The third-order valence-electron chi connectivity index (χ3n) is 3.10. The molecular weight excluding hydrogens is 323 g/mol. The molecule has 0 aliphatic rings. The average Bonchev–Trinajstić information content (AvgIpc) is 2.49. The largest absolute Gasteiger partial charge is 0.491 e. The van der Waals surface area contributed by atoms with Gasteiger partial charge in [0.2, 0.25) is 5.95 Å². The maximum atomic E-state index is 12.5. The van der Waals surface area contributed by atoms with Crippen molar-refractivity contribution in [2.75, 3.05) is 18.5 Å². The van der Waals surface area contributed by atoms with Gasteiger partial charge in [0.1, 0.15) is 18.5 Å². The third kappa shape index (κ3) is 5.38. The van der Waals surface area contributed by atoms with Crippen molar-refractivity contribution in [2.45, 2.75) is 26.1 Å². The first-order chi connectivity index (χ1) is 11.2. The number of aromatic nitrogens is 2. The van der Waals surface area contributed by atoms with Crippen molar-refractivity contribution >= 4 is 5.95 Å². The molecule has 1 aromatic carbocycles. The number of hydrogen-bond donors (Lipinski definition) is 2. The number of aryl methyl sites for hydroxylation is 2. The molecule has 1 unspecified atom stereocenters. The Bertz CT molecular complexity index is 655. The van der Waals surface area contributed by atoms with E-state index in [2.05, 4.69) is 15.3 Å². The number of rotatable bonds is 6. The normalized spacial score (nSPS) is 12.8. The van der Waals surface area contributed by atoms with Crippen LogP contribution in [0.25, 0.3) is 0 Å². The van der Waals surface area contributed by atoms with Crippen LogP contribution in [0.3, 0.4) is 0 Å². The molecule has 0 spiro atoms. The number of hydrogen-bond acceptors (Lipinski definition) is 5. The summed E-state index contributed by atoms with van der Waals surface area (Å²) in [5, 5.41) is 12.8. The van der Waals surface area contributed by atoms with Crippen molar-refractivity contribution in [3.8, 4) is 5.75 Å². The highest BCUT2D eigenvalue weighted by Crippen LogP contribution is 2.30. The lowest BCUT2D eigenvalue weighted by molar-refractivity contribution is -0.137. The Morgan fingerprint density at radius 2 is 1.71 bits per heavy atom. The van der Waals surface area contributed by atoms with E-state index in [1.807, 2.05) is 19.9 Å². The summed E-state index contributed by atoms with van der Waals surface area (Å²) >= 11 is 0. The van der Waals surface area contributed by atoms with Crippen LogP contribution in [0.5, 0.6) is 5.75 Å². The average molecular weight is 341 g/mol. The molecular formula is C16H18F3N3O2. The van der Waals surface area contributed by atoms with Gasteiger partial charge >= 0.3 is 6.18 Å². The van der Waals surface area contributed by atoms with Crippen molar-refractivity contribution in [3.05, 3.63) is 47.3 Å². The zero-order valence-electron chi connectivity index (χ0n) is 13.3. The predicted molar refractivity (Wildman–Crippen MR) is 82.9 cm³/mol. The number of aliphatic hydroxyl groups excluding tert-OH is 1. The fraction of sp³-hybridized carbons (Fsp3) is 0.375. The highest BCUT2D eigenvalue weighted by molar-refractivity contribution is 5.29. The van der Waals surface area contributed by atoms with Crippen LogP contribution >= 0.6 is 0 Å². The van der Waals surface area contributed by atoms with Crippen molar-refractivity contribution < 1.29 is 23.0 Å². The van der Waals surface area contributed by atoms with E-state index in [0.717, 1.165) is 23.5 Å². The molecule has 130 valence electrons. The summed E-state index contributed by atoms with van der Waals surface area (Å²) in [6.45, 7) is 3.76. The Hall–Kier alpha value is -2.35. The van der Waals surface area contributed by atoms with Gasteiger partial charge in [0.05, 0.1) is 5.56 Å². The Morgan fingerprint density at radius 1 is 1.12 bits per heavy atom. The van der Waals surface area contributed by atoms with E-state index < -0.39 is 17.8 Å². The van der Waals surface area contributed by atoms with Crippen molar-refractivity contribution in [3.63, 3.8) is 0 Å². The summed E-state index contributed by atoms with van der Waals surface area (Å²) in [6, 6.07) is 6.13. The molecule has 0 fully saturated rings. The van der Waals surface area contributed by atoms with Crippen LogP contribution < -0.4 is 10.1 Å². The summed E-state index contributed by atoms with van der Waals surface area (Å²) < 4.78 is 42.6. The minimum absolute atomic E-state index is 0.0663. The van der Waals surface area contributed by atoms with E-state index in [4.69, 9.17) is 4.74 Å². The van der Waals surface area contributed by atoms with Gasteiger partial charge in [-0.15, -0.1) is 0 Å². The second-order valence-corrected chi connectivity index (χ2v) is 5.34. The molecule has 1 aromatic heterocycles. The first-order valence-corrected chi connectivity index (χ1v) is 7.28. The van der Waals surface area contributed by atoms with Gasteiger partial charge in [-0.25, -0.2) is 9.97 Å². The number of benzene rings is 1. The van der Waals surface area contributed by atoms with E-state index in [0.29, 0.717) is 5.95 Å².